The molecule has 2 rings (SSSR count). The van der Waals surface area contributed by atoms with Crippen molar-refractivity contribution in [3.63, 3.8) is 0 Å². The van der Waals surface area contributed by atoms with E-state index in [0.29, 0.717) is 0 Å². The van der Waals surface area contributed by atoms with Gasteiger partial charge in [-0.2, -0.15) is 0 Å². The summed E-state index contributed by atoms with van der Waals surface area (Å²) in [7, 11) is 1.65. The Morgan fingerprint density at radius 2 is 2.25 bits per heavy atom. The molecule has 1 fully saturated rings. The van der Waals surface area contributed by atoms with Gasteiger partial charge in [0.1, 0.15) is 5.75 Å². The molecule has 1 aromatic carbocycles. The molecule has 4 nitrogen and oxygen atoms in total. The Balaban J connectivity index is 0.00000200. The molecule has 2 unspecified atom stereocenters. The van der Waals surface area contributed by atoms with E-state index in [4.69, 9.17) is 4.74 Å². The van der Waals surface area contributed by atoms with E-state index in [1.165, 1.54) is 0 Å². The Bertz CT molecular complexity index is 434. The van der Waals surface area contributed by atoms with Crippen molar-refractivity contribution in [2.75, 3.05) is 13.7 Å². The van der Waals surface area contributed by atoms with Crippen LogP contribution in [0.5, 0.6) is 5.75 Å². The standard InChI is InChI=1S/C15H22N2O2.ClH/c1-11(12-6-5-7-13(10-12)19-2)17-15(18)14-8-3-4-9-16-14;/h5-7,10-11,14,16H,3-4,8-9H2,1-2H3,(H,17,18);1H. The van der Waals surface area contributed by atoms with Crippen LogP contribution in [0, 0.1) is 0 Å². The Labute approximate surface area is 126 Å². The monoisotopic (exact) mass is 298 g/mol. The number of benzene rings is 1. The molecule has 1 amide bonds. The van der Waals surface area contributed by atoms with Gasteiger partial charge in [-0.05, 0) is 44.0 Å². The summed E-state index contributed by atoms with van der Waals surface area (Å²) in [5.41, 5.74) is 1.06. The van der Waals surface area contributed by atoms with Crippen LogP contribution in [0.2, 0.25) is 0 Å². The molecule has 0 radical (unpaired) electrons. The molecule has 0 spiro atoms. The van der Waals surface area contributed by atoms with Gasteiger partial charge in [-0.15, -0.1) is 12.4 Å². The van der Waals surface area contributed by atoms with Crippen molar-refractivity contribution >= 4 is 18.3 Å². The van der Waals surface area contributed by atoms with Crippen molar-refractivity contribution in [2.24, 2.45) is 0 Å². The minimum atomic E-state index is -0.0400. The summed E-state index contributed by atoms with van der Waals surface area (Å²) in [6.45, 7) is 2.93. The summed E-state index contributed by atoms with van der Waals surface area (Å²) < 4.78 is 5.20. The largest absolute Gasteiger partial charge is 0.497 e. The molecule has 20 heavy (non-hydrogen) atoms. The first-order valence-electron chi connectivity index (χ1n) is 6.88. The van der Waals surface area contributed by atoms with E-state index < -0.39 is 0 Å². The fourth-order valence-corrected chi connectivity index (χ4v) is 2.38. The van der Waals surface area contributed by atoms with Crippen molar-refractivity contribution in [3.05, 3.63) is 29.8 Å². The fraction of sp³-hybridized carbons (Fsp3) is 0.533. The predicted molar refractivity (Wildman–Crippen MR) is 82.4 cm³/mol. The van der Waals surface area contributed by atoms with Crippen LogP contribution in [0.25, 0.3) is 0 Å². The molecule has 1 aromatic rings. The lowest BCUT2D eigenvalue weighted by molar-refractivity contribution is -0.124. The molecule has 112 valence electrons. The third-order valence-corrected chi connectivity index (χ3v) is 3.58. The average molecular weight is 299 g/mol. The van der Waals surface area contributed by atoms with Crippen LogP contribution < -0.4 is 15.4 Å². The Hall–Kier alpha value is -1.26. The van der Waals surface area contributed by atoms with Crippen LogP contribution in [0.15, 0.2) is 24.3 Å². The number of piperidine rings is 1. The third kappa shape index (κ3) is 4.39. The van der Waals surface area contributed by atoms with E-state index in [2.05, 4.69) is 10.6 Å². The normalized spacial score (nSPS) is 19.6. The van der Waals surface area contributed by atoms with Gasteiger partial charge >= 0.3 is 0 Å². The maximum absolute atomic E-state index is 12.1. The molecule has 0 aromatic heterocycles. The minimum absolute atomic E-state index is 0. The lowest BCUT2D eigenvalue weighted by atomic mass is 10.0. The molecular formula is C15H23ClN2O2. The summed E-state index contributed by atoms with van der Waals surface area (Å²) in [6.07, 6.45) is 3.21. The van der Waals surface area contributed by atoms with E-state index >= 15 is 0 Å². The van der Waals surface area contributed by atoms with E-state index in [0.717, 1.165) is 37.1 Å². The van der Waals surface area contributed by atoms with Gasteiger partial charge in [0.2, 0.25) is 5.91 Å². The molecule has 5 heteroatoms. The number of carbonyl (C=O) groups is 1. The van der Waals surface area contributed by atoms with Gasteiger partial charge in [0.25, 0.3) is 0 Å². The molecule has 1 aliphatic heterocycles. The van der Waals surface area contributed by atoms with Crippen LogP contribution in [-0.2, 0) is 4.79 Å². The highest BCUT2D eigenvalue weighted by atomic mass is 35.5. The van der Waals surface area contributed by atoms with Gasteiger partial charge in [0.15, 0.2) is 0 Å². The number of hydrogen-bond donors (Lipinski definition) is 2. The zero-order valence-electron chi connectivity index (χ0n) is 12.0. The maximum Gasteiger partial charge on any atom is 0.237 e. The van der Waals surface area contributed by atoms with Crippen molar-refractivity contribution in [3.8, 4) is 5.75 Å². The predicted octanol–water partition coefficient (Wildman–Crippen LogP) is 2.44. The first kappa shape index (κ1) is 16.8. The van der Waals surface area contributed by atoms with Crippen LogP contribution >= 0.6 is 12.4 Å². The number of nitrogens with one attached hydrogen (secondary N) is 2. The molecule has 0 aliphatic carbocycles. The first-order valence-corrected chi connectivity index (χ1v) is 6.88. The number of amides is 1. The van der Waals surface area contributed by atoms with Crippen LogP contribution in [0.1, 0.15) is 37.8 Å². The second-order valence-corrected chi connectivity index (χ2v) is 5.01. The fourth-order valence-electron chi connectivity index (χ4n) is 2.38. The first-order chi connectivity index (χ1) is 9.20. The second-order valence-electron chi connectivity index (χ2n) is 5.01. The van der Waals surface area contributed by atoms with Crippen LogP contribution in [-0.4, -0.2) is 25.6 Å². The van der Waals surface area contributed by atoms with E-state index in [1.54, 1.807) is 7.11 Å². The average Bonchev–Trinajstić information content (AvgIpc) is 2.48. The molecule has 2 N–H and O–H groups in total. The van der Waals surface area contributed by atoms with Crippen molar-refractivity contribution in [2.45, 2.75) is 38.3 Å². The minimum Gasteiger partial charge on any atom is -0.497 e. The van der Waals surface area contributed by atoms with Gasteiger partial charge < -0.3 is 15.4 Å². The van der Waals surface area contributed by atoms with E-state index in [1.807, 2.05) is 31.2 Å². The highest BCUT2D eigenvalue weighted by Gasteiger charge is 2.22. The molecule has 1 saturated heterocycles. The van der Waals surface area contributed by atoms with Crippen LogP contribution in [0.4, 0.5) is 0 Å². The van der Waals surface area contributed by atoms with Crippen LogP contribution in [0.3, 0.4) is 0 Å². The number of rotatable bonds is 4. The smallest absolute Gasteiger partial charge is 0.237 e. The third-order valence-electron chi connectivity index (χ3n) is 3.58. The SMILES string of the molecule is COc1cccc(C(C)NC(=O)C2CCCCN2)c1.Cl. The van der Waals surface area contributed by atoms with E-state index in [9.17, 15) is 4.79 Å². The van der Waals surface area contributed by atoms with Crippen molar-refractivity contribution in [1.82, 2.24) is 10.6 Å². The maximum atomic E-state index is 12.1. The number of carbonyl (C=O) groups excluding carboxylic acids is 1. The Morgan fingerprint density at radius 1 is 1.45 bits per heavy atom. The molecule has 1 heterocycles. The molecular weight excluding hydrogens is 276 g/mol. The zero-order valence-corrected chi connectivity index (χ0v) is 12.8. The summed E-state index contributed by atoms with van der Waals surface area (Å²) >= 11 is 0. The zero-order chi connectivity index (χ0) is 13.7. The Kier molecular flexibility index (Phi) is 6.82. The molecule has 0 saturated carbocycles. The number of ether oxygens (including phenoxy) is 1. The number of halogens is 1. The summed E-state index contributed by atoms with van der Waals surface area (Å²) in [5, 5.41) is 6.32. The summed E-state index contributed by atoms with van der Waals surface area (Å²) in [4.78, 5) is 12.1. The lowest BCUT2D eigenvalue weighted by Crippen LogP contribution is -2.47. The second kappa shape index (κ2) is 8.12. The van der Waals surface area contributed by atoms with Crippen molar-refractivity contribution in [1.29, 1.82) is 0 Å². The number of methoxy groups -OCH3 is 1. The Morgan fingerprint density at radius 3 is 2.90 bits per heavy atom. The lowest BCUT2D eigenvalue weighted by Gasteiger charge is -2.24. The topological polar surface area (TPSA) is 50.4 Å². The van der Waals surface area contributed by atoms with Gasteiger partial charge in [-0.25, -0.2) is 0 Å². The molecule has 1 aliphatic rings. The summed E-state index contributed by atoms with van der Waals surface area (Å²) in [5.74, 6) is 0.907. The molecule has 0 bridgehead atoms. The van der Waals surface area contributed by atoms with Crippen molar-refractivity contribution < 1.29 is 9.53 Å². The van der Waals surface area contributed by atoms with Gasteiger partial charge in [-0.3, -0.25) is 4.79 Å². The summed E-state index contributed by atoms with van der Waals surface area (Å²) in [6, 6.07) is 7.75. The molecule has 2 atom stereocenters. The highest BCUT2D eigenvalue weighted by molar-refractivity contribution is 5.85. The quantitative estimate of drug-likeness (QED) is 0.897. The van der Waals surface area contributed by atoms with E-state index in [-0.39, 0.29) is 30.4 Å². The highest BCUT2D eigenvalue weighted by Crippen LogP contribution is 2.19. The van der Waals surface area contributed by atoms with Gasteiger partial charge in [0.05, 0.1) is 19.2 Å². The van der Waals surface area contributed by atoms with Gasteiger partial charge in [-0.1, -0.05) is 18.6 Å². The van der Waals surface area contributed by atoms with Gasteiger partial charge in [0, 0.05) is 0 Å². The number of hydrogen-bond acceptors (Lipinski definition) is 3.